The van der Waals surface area contributed by atoms with E-state index < -0.39 is 0 Å². The van der Waals surface area contributed by atoms with E-state index in [0.717, 1.165) is 0 Å². The zero-order valence-electron chi connectivity index (χ0n) is 22.9. The lowest BCUT2D eigenvalue weighted by Gasteiger charge is -2.09. The third kappa shape index (κ3) is 8.95. The summed E-state index contributed by atoms with van der Waals surface area (Å²) in [6.07, 6.45) is 18.1. The smallest absolute Gasteiger partial charge is 0.162 e. The second kappa shape index (κ2) is 14.9. The van der Waals surface area contributed by atoms with E-state index in [0.29, 0.717) is 0 Å². The molecule has 0 fully saturated rings. The van der Waals surface area contributed by atoms with Gasteiger partial charge in [-0.1, -0.05) is 120 Å². The highest BCUT2D eigenvalue weighted by Crippen LogP contribution is 2.22. The molecule has 188 valence electrons. The number of aryl methyl sites for hydroxylation is 4. The van der Waals surface area contributed by atoms with Gasteiger partial charge in [0, 0.05) is 38.1 Å². The van der Waals surface area contributed by atoms with Gasteiger partial charge in [0.2, 0.25) is 5.69 Å². The van der Waals surface area contributed by atoms with E-state index >= 15 is 0 Å². The van der Waals surface area contributed by atoms with Crippen molar-refractivity contribution in [2.24, 2.45) is 0 Å². The second-order valence-electron chi connectivity index (χ2n) is 10.5. The molecule has 3 aromatic rings. The molecule has 0 amide bonds. The zero-order valence-corrected chi connectivity index (χ0v) is 22.9. The molecule has 0 saturated carbocycles. The first kappa shape index (κ1) is 27.2. The van der Waals surface area contributed by atoms with E-state index in [-0.39, 0.29) is 0 Å². The molecule has 0 bridgehead atoms. The highest BCUT2D eigenvalue weighted by molar-refractivity contribution is 5.63. The Morgan fingerprint density at radius 3 is 1.51 bits per heavy atom. The molecular formula is C34H48N+. The molecule has 0 aliphatic rings. The van der Waals surface area contributed by atoms with Crippen LogP contribution < -0.4 is 4.57 Å². The lowest BCUT2D eigenvalue weighted by molar-refractivity contribution is -0.609. The third-order valence-corrected chi connectivity index (χ3v) is 7.33. The van der Waals surface area contributed by atoms with Gasteiger partial charge in [-0.2, -0.15) is 4.57 Å². The van der Waals surface area contributed by atoms with Gasteiger partial charge in [-0.25, -0.2) is 0 Å². The SMILES string of the molecule is CCCCCCCCCCCCCCc1ccc(-[n+]2c(C)cc(-c3ccc(C)cc3)cc2C)cc1. The maximum atomic E-state index is 2.37. The van der Waals surface area contributed by atoms with Crippen LogP contribution in [0.3, 0.4) is 0 Å². The maximum Gasteiger partial charge on any atom is 0.211 e. The van der Waals surface area contributed by atoms with Crippen molar-refractivity contribution < 1.29 is 4.57 Å². The average molecular weight is 471 g/mol. The van der Waals surface area contributed by atoms with Crippen LogP contribution >= 0.6 is 0 Å². The Morgan fingerprint density at radius 2 is 1.00 bits per heavy atom. The molecule has 0 aliphatic carbocycles. The molecule has 1 nitrogen and oxygen atoms in total. The van der Waals surface area contributed by atoms with Gasteiger partial charge in [-0.05, 0) is 36.5 Å². The summed E-state index contributed by atoms with van der Waals surface area (Å²) in [7, 11) is 0. The number of rotatable bonds is 15. The van der Waals surface area contributed by atoms with Crippen molar-refractivity contribution in [3.05, 3.63) is 83.2 Å². The molecule has 2 aromatic carbocycles. The summed E-state index contributed by atoms with van der Waals surface area (Å²) in [5.74, 6) is 0. The summed E-state index contributed by atoms with van der Waals surface area (Å²) >= 11 is 0. The second-order valence-corrected chi connectivity index (χ2v) is 10.5. The molecule has 0 unspecified atom stereocenters. The van der Waals surface area contributed by atoms with Gasteiger partial charge in [0.25, 0.3) is 0 Å². The summed E-state index contributed by atoms with van der Waals surface area (Å²) in [5, 5.41) is 0. The molecular weight excluding hydrogens is 422 g/mol. The van der Waals surface area contributed by atoms with Gasteiger partial charge >= 0.3 is 0 Å². The van der Waals surface area contributed by atoms with Crippen LogP contribution in [-0.4, -0.2) is 0 Å². The molecule has 1 heteroatoms. The van der Waals surface area contributed by atoms with Crippen molar-refractivity contribution in [2.45, 2.75) is 111 Å². The number of nitrogens with zero attached hydrogens (tertiary/aromatic N) is 1. The normalized spacial score (nSPS) is 11.2. The number of hydrogen-bond donors (Lipinski definition) is 0. The van der Waals surface area contributed by atoms with E-state index in [1.165, 1.54) is 123 Å². The van der Waals surface area contributed by atoms with E-state index in [1.54, 1.807) is 0 Å². The van der Waals surface area contributed by atoms with Crippen LogP contribution in [0.1, 0.15) is 106 Å². The molecule has 1 heterocycles. The summed E-state index contributed by atoms with van der Waals surface area (Å²) in [4.78, 5) is 0. The van der Waals surface area contributed by atoms with Crippen LogP contribution in [0.15, 0.2) is 60.7 Å². The molecule has 0 N–H and O–H groups in total. The minimum atomic E-state index is 1.20. The Morgan fingerprint density at radius 1 is 0.514 bits per heavy atom. The molecule has 1 aromatic heterocycles. The Balaban J connectivity index is 1.41. The monoisotopic (exact) mass is 470 g/mol. The van der Waals surface area contributed by atoms with E-state index in [1.807, 2.05) is 0 Å². The van der Waals surface area contributed by atoms with Gasteiger partial charge in [0.15, 0.2) is 11.4 Å². The number of aromatic nitrogens is 1. The molecule has 0 spiro atoms. The third-order valence-electron chi connectivity index (χ3n) is 7.33. The van der Waals surface area contributed by atoms with Crippen molar-refractivity contribution in [1.82, 2.24) is 0 Å². The fourth-order valence-corrected chi connectivity index (χ4v) is 5.20. The summed E-state index contributed by atoms with van der Waals surface area (Å²) in [6.45, 7) is 8.86. The van der Waals surface area contributed by atoms with Crippen LogP contribution in [0.4, 0.5) is 0 Å². The first-order chi connectivity index (χ1) is 17.1. The van der Waals surface area contributed by atoms with Gasteiger partial charge in [0.05, 0.1) is 0 Å². The standard InChI is InChI=1S/C34H48N/c1-5-6-7-8-9-10-11-12-13-14-15-16-17-31-20-24-34(25-21-31)35-29(3)26-33(27-30(35)4)32-22-18-28(2)19-23-32/h18-27H,5-17H2,1-4H3/q+1. The van der Waals surface area contributed by atoms with Crippen LogP contribution in [0.5, 0.6) is 0 Å². The predicted octanol–water partition coefficient (Wildman–Crippen LogP) is 9.80. The van der Waals surface area contributed by atoms with Crippen molar-refractivity contribution in [3.63, 3.8) is 0 Å². The van der Waals surface area contributed by atoms with Gasteiger partial charge in [0.1, 0.15) is 0 Å². The maximum absolute atomic E-state index is 2.37. The van der Waals surface area contributed by atoms with E-state index in [4.69, 9.17) is 0 Å². The van der Waals surface area contributed by atoms with E-state index in [9.17, 15) is 0 Å². The summed E-state index contributed by atoms with van der Waals surface area (Å²) in [5.41, 5.74) is 9.15. The minimum absolute atomic E-state index is 1.20. The topological polar surface area (TPSA) is 3.88 Å². The molecule has 0 atom stereocenters. The van der Waals surface area contributed by atoms with Crippen LogP contribution in [0, 0.1) is 20.8 Å². The average Bonchev–Trinajstić information content (AvgIpc) is 2.85. The largest absolute Gasteiger partial charge is 0.211 e. The Bertz CT molecular complexity index is 975. The first-order valence-corrected chi connectivity index (χ1v) is 14.3. The lowest BCUT2D eigenvalue weighted by Crippen LogP contribution is -2.37. The molecule has 0 aliphatic heterocycles. The number of unbranched alkanes of at least 4 members (excludes halogenated alkanes) is 11. The number of hydrogen-bond acceptors (Lipinski definition) is 0. The highest BCUT2D eigenvalue weighted by Gasteiger charge is 2.16. The van der Waals surface area contributed by atoms with Gasteiger partial charge in [-0.15, -0.1) is 0 Å². The van der Waals surface area contributed by atoms with Crippen molar-refractivity contribution >= 4 is 0 Å². The highest BCUT2D eigenvalue weighted by atomic mass is 15.0. The first-order valence-electron chi connectivity index (χ1n) is 14.3. The quantitative estimate of drug-likeness (QED) is 0.154. The van der Waals surface area contributed by atoms with Crippen LogP contribution in [0.25, 0.3) is 16.8 Å². The minimum Gasteiger partial charge on any atom is -0.162 e. The lowest BCUT2D eigenvalue weighted by atomic mass is 10.0. The van der Waals surface area contributed by atoms with Crippen LogP contribution in [0.2, 0.25) is 0 Å². The van der Waals surface area contributed by atoms with Crippen LogP contribution in [-0.2, 0) is 6.42 Å². The molecule has 35 heavy (non-hydrogen) atoms. The fraction of sp³-hybridized carbons (Fsp3) is 0.500. The molecule has 0 radical (unpaired) electrons. The summed E-state index contributed by atoms with van der Waals surface area (Å²) < 4.78 is 2.37. The Labute approximate surface area is 215 Å². The van der Waals surface area contributed by atoms with Gasteiger partial charge < -0.3 is 0 Å². The molecule has 3 rings (SSSR count). The Hall–Kier alpha value is -2.41. The zero-order chi connectivity index (χ0) is 24.9. The van der Waals surface area contributed by atoms with E-state index in [2.05, 4.69) is 92.9 Å². The number of benzene rings is 2. The predicted molar refractivity (Wildman–Crippen MR) is 152 cm³/mol. The fourth-order valence-electron chi connectivity index (χ4n) is 5.20. The van der Waals surface area contributed by atoms with Gasteiger partial charge in [-0.3, -0.25) is 0 Å². The summed E-state index contributed by atoms with van der Waals surface area (Å²) in [6, 6.07) is 22.7. The van der Waals surface area contributed by atoms with Crippen molar-refractivity contribution in [2.75, 3.05) is 0 Å². The van der Waals surface area contributed by atoms with Crippen molar-refractivity contribution in [3.8, 4) is 16.8 Å². The number of pyridine rings is 1. The molecule has 0 saturated heterocycles. The van der Waals surface area contributed by atoms with Crippen molar-refractivity contribution in [1.29, 1.82) is 0 Å². The Kier molecular flexibility index (Phi) is 11.5.